The summed E-state index contributed by atoms with van der Waals surface area (Å²) >= 11 is 0. The third kappa shape index (κ3) is 3.24. The Hall–Kier alpha value is -0.670. The molecule has 2 heterocycles. The number of nitrogens with one attached hydrogen (secondary N) is 1. The van der Waals surface area contributed by atoms with Gasteiger partial charge in [0.2, 0.25) is 0 Å². The van der Waals surface area contributed by atoms with Crippen LogP contribution < -0.4 is 5.32 Å². The second-order valence-electron chi connectivity index (χ2n) is 3.58. The third-order valence-electron chi connectivity index (χ3n) is 2.49. The molecule has 14 heavy (non-hydrogen) atoms. The SMILES string of the molecule is Cl.c1cnc(CC2CCCNC2)nc1. The monoisotopic (exact) mass is 213 g/mol. The quantitative estimate of drug-likeness (QED) is 0.808. The van der Waals surface area contributed by atoms with Gasteiger partial charge in [0, 0.05) is 18.8 Å². The van der Waals surface area contributed by atoms with Gasteiger partial charge < -0.3 is 5.32 Å². The normalized spacial score (nSPS) is 21.3. The molecule has 0 amide bonds. The van der Waals surface area contributed by atoms with Crippen molar-refractivity contribution in [1.29, 1.82) is 0 Å². The van der Waals surface area contributed by atoms with Crippen molar-refractivity contribution in [3.63, 3.8) is 0 Å². The largest absolute Gasteiger partial charge is 0.316 e. The van der Waals surface area contributed by atoms with Gasteiger partial charge in [0.1, 0.15) is 5.82 Å². The Kier molecular flexibility index (Phi) is 4.84. The van der Waals surface area contributed by atoms with Gasteiger partial charge in [-0.05, 0) is 37.9 Å². The molecule has 2 rings (SSSR count). The van der Waals surface area contributed by atoms with E-state index in [1.165, 1.54) is 19.4 Å². The van der Waals surface area contributed by atoms with Gasteiger partial charge in [0.15, 0.2) is 0 Å². The number of hydrogen-bond donors (Lipinski definition) is 1. The Morgan fingerprint density at radius 1 is 1.36 bits per heavy atom. The maximum absolute atomic E-state index is 4.23. The minimum Gasteiger partial charge on any atom is -0.316 e. The molecule has 1 atom stereocenters. The zero-order valence-electron chi connectivity index (χ0n) is 8.15. The first-order valence-electron chi connectivity index (χ1n) is 4.92. The lowest BCUT2D eigenvalue weighted by molar-refractivity contribution is 0.370. The van der Waals surface area contributed by atoms with Crippen molar-refractivity contribution >= 4 is 12.4 Å². The van der Waals surface area contributed by atoms with Crippen molar-refractivity contribution in [2.45, 2.75) is 19.3 Å². The van der Waals surface area contributed by atoms with Crippen LogP contribution in [0.1, 0.15) is 18.7 Å². The van der Waals surface area contributed by atoms with Crippen molar-refractivity contribution in [2.75, 3.05) is 13.1 Å². The average Bonchev–Trinajstić information content (AvgIpc) is 2.21. The van der Waals surface area contributed by atoms with Gasteiger partial charge in [-0.15, -0.1) is 12.4 Å². The number of hydrogen-bond acceptors (Lipinski definition) is 3. The summed E-state index contributed by atoms with van der Waals surface area (Å²) < 4.78 is 0. The van der Waals surface area contributed by atoms with E-state index in [1.54, 1.807) is 0 Å². The van der Waals surface area contributed by atoms with E-state index in [1.807, 2.05) is 18.5 Å². The molecule has 0 bridgehead atoms. The molecule has 0 radical (unpaired) electrons. The lowest BCUT2D eigenvalue weighted by Crippen LogP contribution is -2.31. The Morgan fingerprint density at radius 2 is 2.14 bits per heavy atom. The zero-order valence-corrected chi connectivity index (χ0v) is 8.96. The van der Waals surface area contributed by atoms with Crippen LogP contribution in [0.3, 0.4) is 0 Å². The van der Waals surface area contributed by atoms with Crippen molar-refractivity contribution in [1.82, 2.24) is 15.3 Å². The highest BCUT2D eigenvalue weighted by Crippen LogP contribution is 2.13. The fourth-order valence-electron chi connectivity index (χ4n) is 1.79. The minimum absolute atomic E-state index is 0. The van der Waals surface area contributed by atoms with E-state index in [2.05, 4.69) is 15.3 Å². The number of piperidine rings is 1. The van der Waals surface area contributed by atoms with Crippen LogP contribution in [0.5, 0.6) is 0 Å². The van der Waals surface area contributed by atoms with Crippen LogP contribution in [0.25, 0.3) is 0 Å². The summed E-state index contributed by atoms with van der Waals surface area (Å²) in [5.74, 6) is 1.72. The topological polar surface area (TPSA) is 37.8 Å². The van der Waals surface area contributed by atoms with Gasteiger partial charge in [0.05, 0.1) is 0 Å². The fourth-order valence-corrected chi connectivity index (χ4v) is 1.79. The molecule has 1 aromatic rings. The molecule has 0 saturated carbocycles. The molecule has 0 aliphatic carbocycles. The Balaban J connectivity index is 0.000000980. The smallest absolute Gasteiger partial charge is 0.128 e. The summed E-state index contributed by atoms with van der Waals surface area (Å²) in [4.78, 5) is 8.47. The summed E-state index contributed by atoms with van der Waals surface area (Å²) in [6.07, 6.45) is 7.26. The standard InChI is InChI=1S/C10H15N3.ClH/c1-3-9(8-11-4-1)7-10-12-5-2-6-13-10;/h2,5-6,9,11H,1,3-4,7-8H2;1H. The Morgan fingerprint density at radius 3 is 2.79 bits per heavy atom. The van der Waals surface area contributed by atoms with Crippen LogP contribution in [0.15, 0.2) is 18.5 Å². The molecule has 0 aromatic carbocycles. The maximum Gasteiger partial charge on any atom is 0.128 e. The number of halogens is 1. The molecular weight excluding hydrogens is 198 g/mol. The molecule has 1 aliphatic heterocycles. The minimum atomic E-state index is 0. The van der Waals surface area contributed by atoms with Gasteiger partial charge in [-0.3, -0.25) is 0 Å². The van der Waals surface area contributed by atoms with Crippen LogP contribution in [0.2, 0.25) is 0 Å². The predicted octanol–water partition coefficient (Wildman–Crippen LogP) is 1.44. The molecule has 78 valence electrons. The zero-order chi connectivity index (χ0) is 8.93. The summed E-state index contributed by atoms with van der Waals surface area (Å²) in [5.41, 5.74) is 0. The highest BCUT2D eigenvalue weighted by molar-refractivity contribution is 5.85. The predicted molar refractivity (Wildman–Crippen MR) is 58.6 cm³/mol. The Labute approximate surface area is 90.8 Å². The molecule has 1 unspecified atom stereocenters. The first-order chi connectivity index (χ1) is 6.45. The number of nitrogens with zero attached hydrogens (tertiary/aromatic N) is 2. The fraction of sp³-hybridized carbons (Fsp3) is 0.600. The summed E-state index contributed by atoms with van der Waals surface area (Å²) in [6, 6.07) is 1.86. The molecule has 3 nitrogen and oxygen atoms in total. The van der Waals surface area contributed by atoms with Gasteiger partial charge in [-0.25, -0.2) is 9.97 Å². The van der Waals surface area contributed by atoms with Gasteiger partial charge in [-0.2, -0.15) is 0 Å². The van der Waals surface area contributed by atoms with E-state index in [0.717, 1.165) is 24.7 Å². The molecule has 1 N–H and O–H groups in total. The second kappa shape index (κ2) is 5.94. The van der Waals surface area contributed by atoms with Crippen molar-refractivity contribution in [3.8, 4) is 0 Å². The number of rotatable bonds is 2. The van der Waals surface area contributed by atoms with Crippen LogP contribution in [0.4, 0.5) is 0 Å². The van der Waals surface area contributed by atoms with E-state index < -0.39 is 0 Å². The van der Waals surface area contributed by atoms with Crippen molar-refractivity contribution < 1.29 is 0 Å². The third-order valence-corrected chi connectivity index (χ3v) is 2.49. The maximum atomic E-state index is 4.23. The highest BCUT2D eigenvalue weighted by atomic mass is 35.5. The van der Waals surface area contributed by atoms with Gasteiger partial charge >= 0.3 is 0 Å². The second-order valence-corrected chi connectivity index (χ2v) is 3.58. The van der Waals surface area contributed by atoms with Gasteiger partial charge in [-0.1, -0.05) is 0 Å². The van der Waals surface area contributed by atoms with E-state index in [0.29, 0.717) is 0 Å². The summed E-state index contributed by atoms with van der Waals surface area (Å²) in [5, 5.41) is 3.40. The van der Waals surface area contributed by atoms with Crippen molar-refractivity contribution in [2.24, 2.45) is 5.92 Å². The first kappa shape index (κ1) is 11.4. The van der Waals surface area contributed by atoms with E-state index in [-0.39, 0.29) is 12.4 Å². The molecule has 1 aromatic heterocycles. The average molecular weight is 214 g/mol. The van der Waals surface area contributed by atoms with Crippen LogP contribution >= 0.6 is 12.4 Å². The lowest BCUT2D eigenvalue weighted by Gasteiger charge is -2.21. The first-order valence-corrected chi connectivity index (χ1v) is 4.92. The molecule has 1 aliphatic rings. The van der Waals surface area contributed by atoms with E-state index in [9.17, 15) is 0 Å². The Bertz CT molecular complexity index is 247. The molecule has 1 fully saturated rings. The van der Waals surface area contributed by atoms with E-state index in [4.69, 9.17) is 0 Å². The lowest BCUT2D eigenvalue weighted by atomic mass is 9.96. The van der Waals surface area contributed by atoms with Gasteiger partial charge in [0.25, 0.3) is 0 Å². The van der Waals surface area contributed by atoms with E-state index >= 15 is 0 Å². The highest BCUT2D eigenvalue weighted by Gasteiger charge is 2.14. The summed E-state index contributed by atoms with van der Waals surface area (Å²) in [6.45, 7) is 2.30. The molecule has 1 saturated heterocycles. The molecule has 0 spiro atoms. The molecular formula is C10H16ClN3. The van der Waals surface area contributed by atoms with Crippen LogP contribution in [0, 0.1) is 5.92 Å². The van der Waals surface area contributed by atoms with Crippen LogP contribution in [-0.4, -0.2) is 23.1 Å². The number of aromatic nitrogens is 2. The van der Waals surface area contributed by atoms with Crippen molar-refractivity contribution in [3.05, 3.63) is 24.3 Å². The summed E-state index contributed by atoms with van der Waals surface area (Å²) in [7, 11) is 0. The van der Waals surface area contributed by atoms with Crippen LogP contribution in [-0.2, 0) is 6.42 Å². The molecule has 4 heteroatoms.